The molecule has 3 aromatic rings. The quantitative estimate of drug-likeness (QED) is 0.601. The maximum Gasteiger partial charge on any atom is 0.416 e. The Kier molecular flexibility index (Phi) is 5.97. The van der Waals surface area contributed by atoms with Crippen molar-refractivity contribution in [3.63, 3.8) is 0 Å². The number of hydrogen-bond donors (Lipinski definition) is 1. The van der Waals surface area contributed by atoms with Crippen LogP contribution in [0.5, 0.6) is 5.75 Å². The first-order chi connectivity index (χ1) is 14.9. The van der Waals surface area contributed by atoms with Crippen LogP contribution in [-0.4, -0.2) is 30.6 Å². The smallest absolute Gasteiger partial charge is 0.416 e. The first-order valence-electron chi connectivity index (χ1n) is 10.1. The molecular weight excluding hydrogens is 407 g/mol. The molecule has 0 unspecified atom stereocenters. The molecule has 8 heteroatoms. The predicted octanol–water partition coefficient (Wildman–Crippen LogP) is 5.26. The van der Waals surface area contributed by atoms with E-state index in [1.54, 1.807) is 24.4 Å². The topological polar surface area (TPSA) is 54.5 Å². The summed E-state index contributed by atoms with van der Waals surface area (Å²) in [4.78, 5) is 18.8. The summed E-state index contributed by atoms with van der Waals surface area (Å²) in [6, 6.07) is 12.5. The van der Waals surface area contributed by atoms with Crippen molar-refractivity contribution >= 4 is 28.2 Å². The molecular formula is C23H22F3N3O2. The number of alkyl halides is 3. The largest absolute Gasteiger partial charge is 0.481 e. The molecule has 1 N–H and O–H groups in total. The number of rotatable bonds is 5. The number of aromatic nitrogens is 1. The molecule has 4 rings (SSSR count). The van der Waals surface area contributed by atoms with E-state index in [4.69, 9.17) is 4.74 Å². The van der Waals surface area contributed by atoms with Crippen LogP contribution < -0.4 is 15.0 Å². The molecule has 1 aromatic heterocycles. The number of halogens is 3. The van der Waals surface area contributed by atoms with Crippen LogP contribution in [0.1, 0.15) is 24.8 Å². The van der Waals surface area contributed by atoms with Gasteiger partial charge in [-0.3, -0.25) is 9.78 Å². The van der Waals surface area contributed by atoms with E-state index >= 15 is 0 Å². The van der Waals surface area contributed by atoms with Gasteiger partial charge in [0.2, 0.25) is 0 Å². The molecule has 0 saturated carbocycles. The molecule has 0 spiro atoms. The highest BCUT2D eigenvalue weighted by atomic mass is 19.4. The van der Waals surface area contributed by atoms with E-state index in [0.717, 1.165) is 49.9 Å². The van der Waals surface area contributed by atoms with Crippen LogP contribution in [0.3, 0.4) is 0 Å². The number of ether oxygens (including phenoxy) is 1. The van der Waals surface area contributed by atoms with Crippen LogP contribution in [-0.2, 0) is 11.0 Å². The Balaban J connectivity index is 1.53. The van der Waals surface area contributed by atoms with Gasteiger partial charge < -0.3 is 15.0 Å². The summed E-state index contributed by atoms with van der Waals surface area (Å²) in [5, 5.41) is 3.48. The lowest BCUT2D eigenvalue weighted by atomic mass is 10.1. The number of para-hydroxylation sites is 1. The van der Waals surface area contributed by atoms with Gasteiger partial charge in [-0.05, 0) is 49.6 Å². The number of anilines is 2. The second-order valence-corrected chi connectivity index (χ2v) is 7.45. The zero-order chi connectivity index (χ0) is 21.8. The van der Waals surface area contributed by atoms with Crippen LogP contribution in [0.4, 0.5) is 24.5 Å². The van der Waals surface area contributed by atoms with Gasteiger partial charge >= 0.3 is 6.18 Å². The second kappa shape index (κ2) is 8.83. The van der Waals surface area contributed by atoms with Crippen LogP contribution in [0.2, 0.25) is 0 Å². The third-order valence-corrected chi connectivity index (χ3v) is 5.25. The van der Waals surface area contributed by atoms with Gasteiger partial charge in [-0.15, -0.1) is 0 Å². The zero-order valence-electron chi connectivity index (χ0n) is 16.8. The van der Waals surface area contributed by atoms with E-state index in [1.807, 2.05) is 17.0 Å². The Morgan fingerprint density at radius 3 is 2.61 bits per heavy atom. The highest BCUT2D eigenvalue weighted by molar-refractivity contribution is 5.96. The molecule has 2 aromatic carbocycles. The second-order valence-electron chi connectivity index (χ2n) is 7.45. The van der Waals surface area contributed by atoms with Gasteiger partial charge in [0.1, 0.15) is 11.3 Å². The van der Waals surface area contributed by atoms with Crippen molar-refractivity contribution in [2.24, 2.45) is 0 Å². The SMILES string of the molecule is O=C(COc1cccc2cccnc12)Nc1cc(C(F)(F)F)ccc1N1CCCCC1. The zero-order valence-corrected chi connectivity index (χ0v) is 16.8. The predicted molar refractivity (Wildman–Crippen MR) is 113 cm³/mol. The van der Waals surface area contributed by atoms with E-state index in [-0.39, 0.29) is 12.3 Å². The third-order valence-electron chi connectivity index (χ3n) is 5.25. The Labute approximate surface area is 177 Å². The summed E-state index contributed by atoms with van der Waals surface area (Å²) in [5.41, 5.74) is 0.544. The molecule has 1 aliphatic heterocycles. The number of piperidine rings is 1. The van der Waals surface area contributed by atoms with Gasteiger partial charge in [0.05, 0.1) is 16.9 Å². The van der Waals surface area contributed by atoms with E-state index in [0.29, 0.717) is 17.0 Å². The normalized spacial score (nSPS) is 14.5. The van der Waals surface area contributed by atoms with E-state index < -0.39 is 17.6 Å². The summed E-state index contributed by atoms with van der Waals surface area (Å²) in [7, 11) is 0. The van der Waals surface area contributed by atoms with Crippen LogP contribution in [0.15, 0.2) is 54.7 Å². The van der Waals surface area contributed by atoms with Gasteiger partial charge in [0, 0.05) is 24.7 Å². The minimum absolute atomic E-state index is 0.140. The summed E-state index contributed by atoms with van der Waals surface area (Å²) >= 11 is 0. The molecule has 1 fully saturated rings. The van der Waals surface area contributed by atoms with E-state index in [1.165, 1.54) is 6.07 Å². The lowest BCUT2D eigenvalue weighted by Crippen LogP contribution is -2.31. The highest BCUT2D eigenvalue weighted by Crippen LogP contribution is 2.36. The first kappa shape index (κ1) is 21.0. The van der Waals surface area contributed by atoms with E-state index in [2.05, 4.69) is 10.3 Å². The molecule has 0 aliphatic carbocycles. The van der Waals surface area contributed by atoms with Gasteiger partial charge in [-0.25, -0.2) is 0 Å². The standard InChI is InChI=1S/C23H22F3N3O2/c24-23(25,26)17-9-10-19(29-12-2-1-3-13-29)18(14-17)28-21(30)15-31-20-8-4-6-16-7-5-11-27-22(16)20/h4-11,14H,1-3,12-13,15H2,(H,28,30). The number of nitrogens with zero attached hydrogens (tertiary/aromatic N) is 2. The number of nitrogens with one attached hydrogen (secondary N) is 1. The molecule has 0 bridgehead atoms. The van der Waals surface area contributed by atoms with Crippen molar-refractivity contribution in [1.82, 2.24) is 4.98 Å². The number of hydrogen-bond acceptors (Lipinski definition) is 4. The van der Waals surface area contributed by atoms with Crippen LogP contribution in [0, 0.1) is 0 Å². The van der Waals surface area contributed by atoms with Crippen molar-refractivity contribution in [1.29, 1.82) is 0 Å². The lowest BCUT2D eigenvalue weighted by Gasteiger charge is -2.31. The van der Waals surface area contributed by atoms with Gasteiger partial charge in [-0.2, -0.15) is 13.2 Å². The van der Waals surface area contributed by atoms with Crippen LogP contribution in [0.25, 0.3) is 10.9 Å². The number of benzene rings is 2. The first-order valence-corrected chi connectivity index (χ1v) is 10.1. The maximum absolute atomic E-state index is 13.2. The van der Waals surface area contributed by atoms with E-state index in [9.17, 15) is 18.0 Å². The molecule has 162 valence electrons. The number of fused-ring (bicyclic) bond motifs is 1. The Morgan fingerprint density at radius 1 is 1.06 bits per heavy atom. The van der Waals surface area contributed by atoms with Crippen molar-refractivity contribution in [3.8, 4) is 5.75 Å². The fourth-order valence-corrected chi connectivity index (χ4v) is 3.75. The molecule has 1 aliphatic rings. The third kappa shape index (κ3) is 4.90. The Bertz CT molecular complexity index is 1070. The average molecular weight is 429 g/mol. The highest BCUT2D eigenvalue weighted by Gasteiger charge is 2.32. The summed E-state index contributed by atoms with van der Waals surface area (Å²) in [5.74, 6) is -0.0981. The number of carbonyl (C=O) groups is 1. The molecule has 0 atom stereocenters. The minimum Gasteiger partial charge on any atom is -0.481 e. The summed E-state index contributed by atoms with van der Waals surface area (Å²) < 4.78 is 45.3. The fourth-order valence-electron chi connectivity index (χ4n) is 3.75. The molecule has 2 heterocycles. The Morgan fingerprint density at radius 2 is 1.84 bits per heavy atom. The summed E-state index contributed by atoms with van der Waals surface area (Å²) in [6.07, 6.45) is 0.150. The van der Waals surface area contributed by atoms with Crippen molar-refractivity contribution in [2.75, 3.05) is 29.9 Å². The van der Waals surface area contributed by atoms with Gasteiger partial charge in [0.15, 0.2) is 6.61 Å². The molecule has 0 radical (unpaired) electrons. The van der Waals surface area contributed by atoms with Crippen molar-refractivity contribution in [3.05, 3.63) is 60.3 Å². The average Bonchev–Trinajstić information content (AvgIpc) is 2.77. The number of amides is 1. The molecule has 5 nitrogen and oxygen atoms in total. The van der Waals surface area contributed by atoms with Gasteiger partial charge in [0.25, 0.3) is 5.91 Å². The molecule has 1 amide bonds. The lowest BCUT2D eigenvalue weighted by molar-refractivity contribution is -0.137. The van der Waals surface area contributed by atoms with Gasteiger partial charge in [-0.1, -0.05) is 18.2 Å². The number of pyridine rings is 1. The minimum atomic E-state index is -4.50. The Hall–Kier alpha value is -3.29. The molecule has 31 heavy (non-hydrogen) atoms. The van der Waals surface area contributed by atoms with Crippen molar-refractivity contribution < 1.29 is 22.7 Å². The van der Waals surface area contributed by atoms with Crippen molar-refractivity contribution in [2.45, 2.75) is 25.4 Å². The fraction of sp³-hybridized carbons (Fsp3) is 0.304. The maximum atomic E-state index is 13.2. The number of carbonyl (C=O) groups excluding carboxylic acids is 1. The molecule has 1 saturated heterocycles. The monoisotopic (exact) mass is 429 g/mol. The summed E-state index contributed by atoms with van der Waals surface area (Å²) in [6.45, 7) is 1.14. The van der Waals surface area contributed by atoms with Crippen LogP contribution >= 0.6 is 0 Å².